The Hall–Kier alpha value is -1.56. The van der Waals surface area contributed by atoms with Crippen LogP contribution < -0.4 is 10.6 Å². The first-order valence-electron chi connectivity index (χ1n) is 5.85. The van der Waals surface area contributed by atoms with Gasteiger partial charge in [-0.25, -0.2) is 4.79 Å². The van der Waals surface area contributed by atoms with Crippen LogP contribution in [-0.2, 0) is 4.74 Å². The standard InChI is InChI=1S/C11H17N3O3/c1-2-16-10(15)9-7-17-11(13-9)14-5-3-4-8(14)6-12/h7-8H,2-6,12H2,1H3. The van der Waals surface area contributed by atoms with E-state index in [0.29, 0.717) is 19.2 Å². The number of carbonyl (C=O) groups is 1. The quantitative estimate of drug-likeness (QED) is 0.782. The Kier molecular flexibility index (Phi) is 3.63. The van der Waals surface area contributed by atoms with Crippen molar-refractivity contribution in [3.63, 3.8) is 0 Å². The SMILES string of the molecule is CCOC(=O)c1coc(N2CCCC2CN)n1. The fraction of sp³-hybridized carbons (Fsp3) is 0.636. The number of ether oxygens (including phenoxy) is 1. The molecule has 2 rings (SSSR count). The highest BCUT2D eigenvalue weighted by Gasteiger charge is 2.27. The third-order valence-corrected chi connectivity index (χ3v) is 2.87. The largest absolute Gasteiger partial charge is 0.461 e. The van der Waals surface area contributed by atoms with Crippen molar-refractivity contribution in [1.29, 1.82) is 0 Å². The molecule has 2 heterocycles. The van der Waals surface area contributed by atoms with Gasteiger partial charge in [0.25, 0.3) is 6.01 Å². The summed E-state index contributed by atoms with van der Waals surface area (Å²) in [5.74, 6) is -0.453. The van der Waals surface area contributed by atoms with E-state index in [2.05, 4.69) is 4.98 Å². The molecule has 6 heteroatoms. The highest BCUT2D eigenvalue weighted by molar-refractivity contribution is 5.87. The Balaban J connectivity index is 2.09. The molecule has 1 fully saturated rings. The maximum absolute atomic E-state index is 11.4. The first-order chi connectivity index (χ1) is 8.26. The normalized spacial score (nSPS) is 19.6. The molecular formula is C11H17N3O3. The van der Waals surface area contributed by atoms with Crippen LogP contribution in [-0.4, -0.2) is 36.7 Å². The highest BCUT2D eigenvalue weighted by atomic mass is 16.5. The topological polar surface area (TPSA) is 81.6 Å². The van der Waals surface area contributed by atoms with Crippen molar-refractivity contribution in [3.8, 4) is 0 Å². The van der Waals surface area contributed by atoms with Gasteiger partial charge in [0.2, 0.25) is 0 Å². The number of carbonyl (C=O) groups excluding carboxylic acids is 1. The molecule has 1 aromatic heterocycles. The molecule has 1 aliphatic rings. The summed E-state index contributed by atoms with van der Waals surface area (Å²) < 4.78 is 10.2. The van der Waals surface area contributed by atoms with Crippen molar-refractivity contribution in [2.45, 2.75) is 25.8 Å². The molecular weight excluding hydrogens is 222 g/mol. The molecule has 1 aliphatic heterocycles. The Labute approximate surface area is 99.7 Å². The Morgan fingerprint density at radius 2 is 2.59 bits per heavy atom. The second-order valence-corrected chi connectivity index (χ2v) is 3.96. The third kappa shape index (κ3) is 2.41. The van der Waals surface area contributed by atoms with Gasteiger partial charge in [0.05, 0.1) is 6.61 Å². The number of nitrogens with zero attached hydrogens (tertiary/aromatic N) is 2. The van der Waals surface area contributed by atoms with E-state index < -0.39 is 5.97 Å². The molecule has 17 heavy (non-hydrogen) atoms. The van der Waals surface area contributed by atoms with Gasteiger partial charge < -0.3 is 19.8 Å². The van der Waals surface area contributed by atoms with Crippen LogP contribution in [0.2, 0.25) is 0 Å². The van der Waals surface area contributed by atoms with Crippen LogP contribution in [0, 0.1) is 0 Å². The van der Waals surface area contributed by atoms with Gasteiger partial charge >= 0.3 is 5.97 Å². The Bertz CT molecular complexity index is 391. The monoisotopic (exact) mass is 239 g/mol. The molecule has 0 bridgehead atoms. The third-order valence-electron chi connectivity index (χ3n) is 2.87. The molecule has 94 valence electrons. The summed E-state index contributed by atoms with van der Waals surface area (Å²) >= 11 is 0. The van der Waals surface area contributed by atoms with Crippen LogP contribution in [0.4, 0.5) is 6.01 Å². The average Bonchev–Trinajstić information content (AvgIpc) is 2.97. The maximum Gasteiger partial charge on any atom is 0.360 e. The van der Waals surface area contributed by atoms with Crippen molar-refractivity contribution in [2.24, 2.45) is 5.73 Å². The van der Waals surface area contributed by atoms with Gasteiger partial charge in [0.15, 0.2) is 5.69 Å². The molecule has 0 saturated carbocycles. The molecule has 0 spiro atoms. The summed E-state index contributed by atoms with van der Waals surface area (Å²) in [6.07, 6.45) is 3.44. The minimum absolute atomic E-state index is 0.213. The summed E-state index contributed by atoms with van der Waals surface area (Å²) in [4.78, 5) is 17.6. The Morgan fingerprint density at radius 3 is 3.29 bits per heavy atom. The lowest BCUT2D eigenvalue weighted by molar-refractivity contribution is 0.0519. The van der Waals surface area contributed by atoms with E-state index in [1.807, 2.05) is 4.90 Å². The Morgan fingerprint density at radius 1 is 1.76 bits per heavy atom. The minimum Gasteiger partial charge on any atom is -0.461 e. The van der Waals surface area contributed by atoms with Crippen LogP contribution in [0.3, 0.4) is 0 Å². The van der Waals surface area contributed by atoms with E-state index in [9.17, 15) is 4.79 Å². The number of nitrogens with two attached hydrogens (primary N) is 1. The van der Waals surface area contributed by atoms with Crippen LogP contribution in [0.15, 0.2) is 10.7 Å². The van der Waals surface area contributed by atoms with Gasteiger partial charge in [-0.2, -0.15) is 4.98 Å². The first kappa shape index (κ1) is 11.9. The van der Waals surface area contributed by atoms with Gasteiger partial charge in [-0.3, -0.25) is 0 Å². The van der Waals surface area contributed by atoms with E-state index in [1.54, 1.807) is 6.92 Å². The van der Waals surface area contributed by atoms with Gasteiger partial charge in [0, 0.05) is 19.1 Å². The van der Waals surface area contributed by atoms with Crippen molar-refractivity contribution >= 4 is 12.0 Å². The average molecular weight is 239 g/mol. The first-order valence-corrected chi connectivity index (χ1v) is 5.85. The number of rotatable bonds is 4. The smallest absolute Gasteiger partial charge is 0.360 e. The molecule has 0 aliphatic carbocycles. The van der Waals surface area contributed by atoms with Gasteiger partial charge in [-0.1, -0.05) is 0 Å². The predicted molar refractivity (Wildman–Crippen MR) is 61.9 cm³/mol. The maximum atomic E-state index is 11.4. The van der Waals surface area contributed by atoms with E-state index in [1.165, 1.54) is 6.26 Å². The zero-order valence-corrected chi connectivity index (χ0v) is 9.89. The predicted octanol–water partition coefficient (Wildman–Crippen LogP) is 0.779. The number of hydrogen-bond acceptors (Lipinski definition) is 6. The van der Waals surface area contributed by atoms with Gasteiger partial charge in [-0.15, -0.1) is 0 Å². The number of oxazole rings is 1. The molecule has 0 amide bonds. The number of esters is 1. The van der Waals surface area contributed by atoms with Crippen molar-refractivity contribution in [2.75, 3.05) is 24.6 Å². The molecule has 2 N–H and O–H groups in total. The molecule has 0 radical (unpaired) electrons. The molecule has 1 atom stereocenters. The van der Waals surface area contributed by atoms with Crippen LogP contribution in [0.5, 0.6) is 0 Å². The number of anilines is 1. The minimum atomic E-state index is -0.453. The van der Waals surface area contributed by atoms with Crippen LogP contribution in [0.1, 0.15) is 30.3 Å². The zero-order valence-electron chi connectivity index (χ0n) is 9.89. The number of hydrogen-bond donors (Lipinski definition) is 1. The van der Waals surface area contributed by atoms with Crippen molar-refractivity contribution in [1.82, 2.24) is 4.98 Å². The fourth-order valence-corrected chi connectivity index (χ4v) is 2.03. The summed E-state index contributed by atoms with van der Waals surface area (Å²) in [5, 5.41) is 0. The lowest BCUT2D eigenvalue weighted by atomic mass is 10.2. The van der Waals surface area contributed by atoms with E-state index in [0.717, 1.165) is 19.4 Å². The summed E-state index contributed by atoms with van der Waals surface area (Å²) in [6, 6.07) is 0.713. The van der Waals surface area contributed by atoms with Crippen LogP contribution >= 0.6 is 0 Å². The van der Waals surface area contributed by atoms with Crippen molar-refractivity contribution in [3.05, 3.63) is 12.0 Å². The molecule has 6 nitrogen and oxygen atoms in total. The molecule has 1 aromatic rings. The van der Waals surface area contributed by atoms with E-state index >= 15 is 0 Å². The molecule has 1 saturated heterocycles. The summed E-state index contributed by atoms with van der Waals surface area (Å²) in [6.45, 7) is 3.52. The van der Waals surface area contributed by atoms with E-state index in [4.69, 9.17) is 14.9 Å². The van der Waals surface area contributed by atoms with Crippen LogP contribution in [0.25, 0.3) is 0 Å². The highest BCUT2D eigenvalue weighted by Crippen LogP contribution is 2.24. The molecule has 0 aromatic carbocycles. The number of aromatic nitrogens is 1. The summed E-state index contributed by atoms with van der Waals surface area (Å²) in [7, 11) is 0. The van der Waals surface area contributed by atoms with E-state index in [-0.39, 0.29) is 11.7 Å². The van der Waals surface area contributed by atoms with Crippen molar-refractivity contribution < 1.29 is 13.9 Å². The molecule has 1 unspecified atom stereocenters. The fourth-order valence-electron chi connectivity index (χ4n) is 2.03. The second-order valence-electron chi connectivity index (χ2n) is 3.96. The van der Waals surface area contributed by atoms with Gasteiger partial charge in [0.1, 0.15) is 6.26 Å². The lowest BCUT2D eigenvalue weighted by Gasteiger charge is -2.20. The summed E-state index contributed by atoms with van der Waals surface area (Å²) in [5.41, 5.74) is 5.89. The second kappa shape index (κ2) is 5.18. The van der Waals surface area contributed by atoms with Gasteiger partial charge in [-0.05, 0) is 19.8 Å². The lowest BCUT2D eigenvalue weighted by Crippen LogP contribution is -2.35. The zero-order chi connectivity index (χ0) is 12.3.